The minimum Gasteiger partial charge on any atom is -0.313 e. The highest BCUT2D eigenvalue weighted by Gasteiger charge is 2.25. The van der Waals surface area contributed by atoms with Crippen molar-refractivity contribution in [2.75, 3.05) is 26.7 Å². The van der Waals surface area contributed by atoms with Crippen LogP contribution in [0.25, 0.3) is 0 Å². The number of nitrogens with zero attached hydrogens (tertiary/aromatic N) is 1. The summed E-state index contributed by atoms with van der Waals surface area (Å²) in [4.78, 5) is 2.67. The molecule has 21 heavy (non-hydrogen) atoms. The normalized spacial score (nSPS) is 22.5. The first kappa shape index (κ1) is 16.5. The Kier molecular flexibility index (Phi) is 5.83. The van der Waals surface area contributed by atoms with Crippen LogP contribution >= 0.6 is 0 Å². The van der Waals surface area contributed by atoms with E-state index in [1.807, 2.05) is 0 Å². The first-order valence-corrected chi connectivity index (χ1v) is 8.46. The third kappa shape index (κ3) is 4.82. The summed E-state index contributed by atoms with van der Waals surface area (Å²) >= 11 is 0. The van der Waals surface area contributed by atoms with E-state index in [0.717, 1.165) is 0 Å². The van der Waals surface area contributed by atoms with Crippen LogP contribution in [0.2, 0.25) is 0 Å². The van der Waals surface area contributed by atoms with Gasteiger partial charge in [0, 0.05) is 12.6 Å². The zero-order chi connectivity index (χ0) is 15.3. The number of hydrogen-bond donors (Lipinski definition) is 1. The van der Waals surface area contributed by atoms with Crippen molar-refractivity contribution in [3.8, 4) is 0 Å². The molecule has 2 atom stereocenters. The molecule has 0 aromatic heterocycles. The topological polar surface area (TPSA) is 15.3 Å². The molecule has 118 valence electrons. The Bertz CT molecular complexity index is 413. The Morgan fingerprint density at radius 2 is 1.86 bits per heavy atom. The molecule has 1 heterocycles. The van der Waals surface area contributed by atoms with Crippen LogP contribution in [0, 0.1) is 11.3 Å². The van der Waals surface area contributed by atoms with Gasteiger partial charge in [0.1, 0.15) is 0 Å². The fourth-order valence-corrected chi connectivity index (χ4v) is 3.61. The third-order valence-corrected chi connectivity index (χ3v) is 5.02. The highest BCUT2D eigenvalue weighted by Crippen LogP contribution is 2.31. The fraction of sp³-hybridized carbons (Fsp3) is 0.684. The summed E-state index contributed by atoms with van der Waals surface area (Å²) in [7, 11) is 2.08. The van der Waals surface area contributed by atoms with Crippen molar-refractivity contribution < 1.29 is 0 Å². The van der Waals surface area contributed by atoms with Crippen LogP contribution in [0.5, 0.6) is 0 Å². The van der Waals surface area contributed by atoms with Gasteiger partial charge in [-0.25, -0.2) is 0 Å². The van der Waals surface area contributed by atoms with Gasteiger partial charge in [-0.15, -0.1) is 0 Å². The lowest BCUT2D eigenvalue weighted by Gasteiger charge is -2.30. The number of likely N-dealkylation sites (tertiary alicyclic amines) is 1. The van der Waals surface area contributed by atoms with Gasteiger partial charge in [0.25, 0.3) is 0 Å². The molecule has 1 fully saturated rings. The van der Waals surface area contributed by atoms with Crippen molar-refractivity contribution in [3.63, 3.8) is 0 Å². The molecule has 1 saturated heterocycles. The van der Waals surface area contributed by atoms with Crippen LogP contribution in [0.4, 0.5) is 0 Å². The molecule has 2 heteroatoms. The van der Waals surface area contributed by atoms with E-state index in [0.29, 0.717) is 17.4 Å². The zero-order valence-corrected chi connectivity index (χ0v) is 14.2. The highest BCUT2D eigenvalue weighted by molar-refractivity contribution is 5.19. The molecular formula is C19H32N2. The van der Waals surface area contributed by atoms with Crippen LogP contribution in [0.1, 0.15) is 51.6 Å². The van der Waals surface area contributed by atoms with E-state index in [9.17, 15) is 0 Å². The van der Waals surface area contributed by atoms with Crippen LogP contribution in [0.15, 0.2) is 30.3 Å². The summed E-state index contributed by atoms with van der Waals surface area (Å²) in [6.07, 6.45) is 4.04. The Labute approximate surface area is 130 Å². The molecule has 0 spiro atoms. The second-order valence-electron chi connectivity index (χ2n) is 7.47. The molecule has 1 N–H and O–H groups in total. The van der Waals surface area contributed by atoms with Gasteiger partial charge in [0.15, 0.2) is 0 Å². The standard InChI is InChI=1S/C19H32N2/c1-16(18(20-4)17-9-6-5-7-10-17)15-21-13-8-11-19(2,3)12-14-21/h5-7,9-10,16,18,20H,8,11-15H2,1-4H3. The van der Waals surface area contributed by atoms with Gasteiger partial charge < -0.3 is 10.2 Å². The first-order valence-electron chi connectivity index (χ1n) is 8.46. The van der Waals surface area contributed by atoms with Crippen molar-refractivity contribution in [1.29, 1.82) is 0 Å². The van der Waals surface area contributed by atoms with E-state index in [4.69, 9.17) is 0 Å². The molecule has 1 aliphatic rings. The molecule has 0 bridgehead atoms. The lowest BCUT2D eigenvalue weighted by molar-refractivity contribution is 0.211. The lowest BCUT2D eigenvalue weighted by Crippen LogP contribution is -2.35. The molecule has 2 unspecified atom stereocenters. The largest absolute Gasteiger partial charge is 0.313 e. The second-order valence-corrected chi connectivity index (χ2v) is 7.47. The Morgan fingerprint density at radius 3 is 2.52 bits per heavy atom. The molecule has 2 rings (SSSR count). The smallest absolute Gasteiger partial charge is 0.0355 e. The molecule has 0 radical (unpaired) electrons. The maximum absolute atomic E-state index is 3.51. The molecule has 1 aliphatic heterocycles. The Balaban J connectivity index is 1.95. The summed E-state index contributed by atoms with van der Waals surface area (Å²) in [5.74, 6) is 0.624. The first-order chi connectivity index (χ1) is 10.0. The summed E-state index contributed by atoms with van der Waals surface area (Å²) in [5, 5.41) is 3.51. The van der Waals surface area contributed by atoms with E-state index >= 15 is 0 Å². The van der Waals surface area contributed by atoms with E-state index < -0.39 is 0 Å². The molecule has 0 saturated carbocycles. The number of benzene rings is 1. The van der Waals surface area contributed by atoms with Crippen LogP contribution in [-0.4, -0.2) is 31.6 Å². The summed E-state index contributed by atoms with van der Waals surface area (Å²) in [6.45, 7) is 10.9. The van der Waals surface area contributed by atoms with Crippen molar-refractivity contribution in [2.24, 2.45) is 11.3 Å². The van der Waals surface area contributed by atoms with E-state index in [1.54, 1.807) is 0 Å². The predicted molar refractivity (Wildman–Crippen MR) is 91.5 cm³/mol. The third-order valence-electron chi connectivity index (χ3n) is 5.02. The molecule has 0 aliphatic carbocycles. The Hall–Kier alpha value is -0.860. The Morgan fingerprint density at radius 1 is 1.14 bits per heavy atom. The quantitative estimate of drug-likeness (QED) is 0.877. The molecule has 1 aromatic carbocycles. The SMILES string of the molecule is CNC(c1ccccc1)C(C)CN1CCCC(C)(C)CC1. The summed E-state index contributed by atoms with van der Waals surface area (Å²) in [5.41, 5.74) is 1.93. The van der Waals surface area contributed by atoms with E-state index in [-0.39, 0.29) is 0 Å². The molecule has 2 nitrogen and oxygen atoms in total. The predicted octanol–water partition coefficient (Wildman–Crippen LogP) is 4.10. The van der Waals surface area contributed by atoms with E-state index in [2.05, 4.69) is 68.4 Å². The minimum atomic E-state index is 0.447. The maximum atomic E-state index is 3.51. The van der Waals surface area contributed by atoms with Crippen molar-refractivity contribution in [1.82, 2.24) is 10.2 Å². The number of hydrogen-bond acceptors (Lipinski definition) is 2. The average Bonchev–Trinajstić information content (AvgIpc) is 2.62. The highest BCUT2D eigenvalue weighted by atomic mass is 15.1. The van der Waals surface area contributed by atoms with Gasteiger partial charge in [-0.2, -0.15) is 0 Å². The van der Waals surface area contributed by atoms with Gasteiger partial charge in [-0.1, -0.05) is 51.1 Å². The van der Waals surface area contributed by atoms with Crippen molar-refractivity contribution in [2.45, 2.75) is 46.1 Å². The van der Waals surface area contributed by atoms with Gasteiger partial charge in [-0.05, 0) is 56.3 Å². The van der Waals surface area contributed by atoms with Gasteiger partial charge in [-0.3, -0.25) is 0 Å². The number of rotatable bonds is 5. The van der Waals surface area contributed by atoms with Crippen LogP contribution < -0.4 is 5.32 Å². The minimum absolute atomic E-state index is 0.447. The van der Waals surface area contributed by atoms with Crippen LogP contribution in [-0.2, 0) is 0 Å². The van der Waals surface area contributed by atoms with Crippen molar-refractivity contribution >= 4 is 0 Å². The summed E-state index contributed by atoms with van der Waals surface area (Å²) < 4.78 is 0. The van der Waals surface area contributed by atoms with Crippen LogP contribution in [0.3, 0.4) is 0 Å². The van der Waals surface area contributed by atoms with E-state index in [1.165, 1.54) is 44.5 Å². The monoisotopic (exact) mass is 288 g/mol. The molecule has 1 aromatic rings. The lowest BCUT2D eigenvalue weighted by atomic mass is 9.85. The molecular weight excluding hydrogens is 256 g/mol. The van der Waals surface area contributed by atoms with Gasteiger partial charge >= 0.3 is 0 Å². The van der Waals surface area contributed by atoms with Gasteiger partial charge in [0.05, 0.1) is 0 Å². The zero-order valence-electron chi connectivity index (χ0n) is 14.2. The summed E-state index contributed by atoms with van der Waals surface area (Å²) in [6, 6.07) is 11.3. The number of nitrogens with one attached hydrogen (secondary N) is 1. The maximum Gasteiger partial charge on any atom is 0.0355 e. The van der Waals surface area contributed by atoms with Gasteiger partial charge in [0.2, 0.25) is 0 Å². The fourth-order valence-electron chi connectivity index (χ4n) is 3.61. The average molecular weight is 288 g/mol. The molecule has 0 amide bonds. The second kappa shape index (κ2) is 7.42. The van der Waals surface area contributed by atoms with Crippen molar-refractivity contribution in [3.05, 3.63) is 35.9 Å².